The zero-order valence-electron chi connectivity index (χ0n) is 16.7. The Hall–Kier alpha value is -3.10. The fourth-order valence-electron chi connectivity index (χ4n) is 3.89. The summed E-state index contributed by atoms with van der Waals surface area (Å²) in [5.41, 5.74) is 2.84. The van der Waals surface area contributed by atoms with Crippen LogP contribution in [0.3, 0.4) is 0 Å². The maximum absolute atomic E-state index is 6.37. The highest BCUT2D eigenvalue weighted by molar-refractivity contribution is 6.38. The number of aromatic nitrogens is 5. The third-order valence-electron chi connectivity index (χ3n) is 5.41. The lowest BCUT2D eigenvalue weighted by Crippen LogP contribution is -2.47. The van der Waals surface area contributed by atoms with Gasteiger partial charge in [0.15, 0.2) is 0 Å². The predicted molar refractivity (Wildman–Crippen MR) is 121 cm³/mol. The van der Waals surface area contributed by atoms with E-state index in [2.05, 4.69) is 29.9 Å². The molecule has 0 unspecified atom stereocenters. The number of hydrogen-bond donors (Lipinski definition) is 0. The summed E-state index contributed by atoms with van der Waals surface area (Å²) in [4.78, 5) is 17.3. The highest BCUT2D eigenvalue weighted by Crippen LogP contribution is 2.35. The topological polar surface area (TPSA) is 71.7 Å². The zero-order valence-corrected chi connectivity index (χ0v) is 18.3. The van der Waals surface area contributed by atoms with Gasteiger partial charge in [0.25, 0.3) is 5.78 Å². The van der Waals surface area contributed by atoms with E-state index in [0.29, 0.717) is 15.8 Å². The molecule has 3 aromatic heterocycles. The second-order valence-electron chi connectivity index (χ2n) is 7.12. The van der Waals surface area contributed by atoms with Crippen LogP contribution in [0.1, 0.15) is 0 Å². The van der Waals surface area contributed by atoms with Crippen LogP contribution in [0.4, 0.5) is 11.5 Å². The fraction of sp³-hybridized carbons (Fsp3) is 0.238. The molecule has 4 aromatic rings. The molecule has 4 heterocycles. The summed E-state index contributed by atoms with van der Waals surface area (Å²) in [6.45, 7) is 3.03. The third kappa shape index (κ3) is 3.62. The standard InChI is InChI=1S/C21H19Cl2N7O/c1-31-15-4-2-14(3-5-15)16-10-25-21-26-13-27-30(21)20(16)29-8-6-28(7-9-29)19-17(22)11-24-12-18(19)23/h2-5,10-13H,6-9H2,1H3. The lowest BCUT2D eigenvalue weighted by Gasteiger charge is -2.38. The summed E-state index contributed by atoms with van der Waals surface area (Å²) in [5.74, 6) is 2.33. The molecule has 0 atom stereocenters. The molecule has 31 heavy (non-hydrogen) atoms. The molecular formula is C21H19Cl2N7O. The molecule has 1 aliphatic rings. The van der Waals surface area contributed by atoms with E-state index in [-0.39, 0.29) is 0 Å². The number of anilines is 2. The van der Waals surface area contributed by atoms with Gasteiger partial charge < -0.3 is 14.5 Å². The van der Waals surface area contributed by atoms with Crippen molar-refractivity contribution in [1.82, 2.24) is 24.6 Å². The molecule has 1 saturated heterocycles. The molecule has 1 aliphatic heterocycles. The summed E-state index contributed by atoms with van der Waals surface area (Å²) in [6.07, 6.45) is 6.62. The zero-order chi connectivity index (χ0) is 21.4. The monoisotopic (exact) mass is 455 g/mol. The minimum Gasteiger partial charge on any atom is -0.497 e. The molecule has 158 valence electrons. The van der Waals surface area contributed by atoms with Gasteiger partial charge in [-0.25, -0.2) is 4.98 Å². The second-order valence-corrected chi connectivity index (χ2v) is 7.94. The van der Waals surface area contributed by atoms with Crippen molar-refractivity contribution in [3.8, 4) is 16.9 Å². The van der Waals surface area contributed by atoms with Crippen molar-refractivity contribution >= 4 is 40.5 Å². The lowest BCUT2D eigenvalue weighted by molar-refractivity contribution is 0.415. The molecule has 5 rings (SSSR count). The second kappa shape index (κ2) is 8.20. The molecule has 0 saturated carbocycles. The third-order valence-corrected chi connectivity index (χ3v) is 5.96. The average molecular weight is 456 g/mol. The number of ether oxygens (including phenoxy) is 1. The first-order chi connectivity index (χ1) is 15.2. The largest absolute Gasteiger partial charge is 0.497 e. The van der Waals surface area contributed by atoms with Crippen molar-refractivity contribution in [3.05, 3.63) is 59.2 Å². The van der Waals surface area contributed by atoms with Gasteiger partial charge in [-0.2, -0.15) is 14.6 Å². The SMILES string of the molecule is COc1ccc(-c2cnc3ncnn3c2N2CCN(c3c(Cl)cncc3Cl)CC2)cc1. The number of halogens is 2. The molecule has 0 spiro atoms. The van der Waals surface area contributed by atoms with Gasteiger partial charge in [0.1, 0.15) is 17.9 Å². The highest BCUT2D eigenvalue weighted by Gasteiger charge is 2.25. The molecule has 0 N–H and O–H groups in total. The van der Waals surface area contributed by atoms with Gasteiger partial charge in [-0.15, -0.1) is 0 Å². The van der Waals surface area contributed by atoms with Crippen molar-refractivity contribution in [2.24, 2.45) is 0 Å². The Morgan fingerprint density at radius 1 is 0.871 bits per heavy atom. The predicted octanol–water partition coefficient (Wildman–Crippen LogP) is 3.83. The number of benzene rings is 1. The summed E-state index contributed by atoms with van der Waals surface area (Å²) < 4.78 is 7.09. The number of fused-ring (bicyclic) bond motifs is 1. The smallest absolute Gasteiger partial charge is 0.254 e. The van der Waals surface area contributed by atoms with Crippen LogP contribution in [0.5, 0.6) is 5.75 Å². The molecule has 10 heteroatoms. The number of pyridine rings is 1. The molecular weight excluding hydrogens is 437 g/mol. The van der Waals surface area contributed by atoms with E-state index < -0.39 is 0 Å². The lowest BCUT2D eigenvalue weighted by atomic mass is 10.1. The van der Waals surface area contributed by atoms with Gasteiger partial charge in [-0.3, -0.25) is 4.98 Å². The van der Waals surface area contributed by atoms with Crippen molar-refractivity contribution in [3.63, 3.8) is 0 Å². The summed E-state index contributed by atoms with van der Waals surface area (Å²) in [5, 5.41) is 5.55. The molecule has 0 amide bonds. The molecule has 0 bridgehead atoms. The Balaban J connectivity index is 1.49. The van der Waals surface area contributed by atoms with Crippen molar-refractivity contribution in [2.75, 3.05) is 43.1 Å². The van der Waals surface area contributed by atoms with E-state index in [1.807, 2.05) is 30.5 Å². The van der Waals surface area contributed by atoms with Gasteiger partial charge >= 0.3 is 0 Å². The Morgan fingerprint density at radius 2 is 1.55 bits per heavy atom. The Kier molecular flexibility index (Phi) is 5.25. The van der Waals surface area contributed by atoms with Crippen LogP contribution in [0.2, 0.25) is 10.0 Å². The van der Waals surface area contributed by atoms with Crippen LogP contribution >= 0.6 is 23.2 Å². The summed E-state index contributed by atoms with van der Waals surface area (Å²) in [6, 6.07) is 7.93. The Morgan fingerprint density at radius 3 is 2.23 bits per heavy atom. The van der Waals surface area contributed by atoms with Crippen LogP contribution < -0.4 is 14.5 Å². The van der Waals surface area contributed by atoms with Crippen LogP contribution in [-0.4, -0.2) is 57.9 Å². The fourth-order valence-corrected chi connectivity index (χ4v) is 4.50. The van der Waals surface area contributed by atoms with Crippen molar-refractivity contribution < 1.29 is 4.74 Å². The quantitative estimate of drug-likeness (QED) is 0.462. The summed E-state index contributed by atoms with van der Waals surface area (Å²) in [7, 11) is 1.66. The van der Waals surface area contributed by atoms with Crippen LogP contribution in [0, 0.1) is 0 Å². The first-order valence-electron chi connectivity index (χ1n) is 9.78. The van der Waals surface area contributed by atoms with E-state index in [1.165, 1.54) is 6.33 Å². The van der Waals surface area contributed by atoms with E-state index in [0.717, 1.165) is 54.6 Å². The first kappa shape index (κ1) is 19.8. The average Bonchev–Trinajstić information content (AvgIpc) is 3.28. The van der Waals surface area contributed by atoms with Crippen molar-refractivity contribution in [1.29, 1.82) is 0 Å². The highest BCUT2D eigenvalue weighted by atomic mass is 35.5. The summed E-state index contributed by atoms with van der Waals surface area (Å²) >= 11 is 12.7. The minimum atomic E-state index is 0.558. The molecule has 8 nitrogen and oxygen atoms in total. The molecule has 1 aromatic carbocycles. The molecule has 0 aliphatic carbocycles. The van der Waals surface area contributed by atoms with Gasteiger partial charge in [-0.1, -0.05) is 35.3 Å². The normalized spacial score (nSPS) is 14.3. The van der Waals surface area contributed by atoms with Crippen molar-refractivity contribution in [2.45, 2.75) is 0 Å². The maximum atomic E-state index is 6.37. The number of piperazine rings is 1. The Labute approximate surface area is 189 Å². The van der Waals surface area contributed by atoms with E-state index in [1.54, 1.807) is 24.0 Å². The number of nitrogens with zero attached hydrogens (tertiary/aromatic N) is 7. The van der Waals surface area contributed by atoms with Crippen LogP contribution in [0.15, 0.2) is 49.2 Å². The van der Waals surface area contributed by atoms with E-state index >= 15 is 0 Å². The Bertz CT molecular complexity index is 1200. The van der Waals surface area contributed by atoms with Gasteiger partial charge in [0.05, 0.1) is 22.8 Å². The molecule has 1 fully saturated rings. The van der Waals surface area contributed by atoms with E-state index in [9.17, 15) is 0 Å². The van der Waals surface area contributed by atoms with Gasteiger partial charge in [0, 0.05) is 50.3 Å². The van der Waals surface area contributed by atoms with Crippen LogP contribution in [-0.2, 0) is 0 Å². The van der Waals surface area contributed by atoms with E-state index in [4.69, 9.17) is 27.9 Å². The first-order valence-corrected chi connectivity index (χ1v) is 10.5. The van der Waals surface area contributed by atoms with Crippen LogP contribution in [0.25, 0.3) is 16.9 Å². The number of hydrogen-bond acceptors (Lipinski definition) is 7. The number of methoxy groups -OCH3 is 1. The van der Waals surface area contributed by atoms with Gasteiger partial charge in [-0.05, 0) is 17.7 Å². The minimum absolute atomic E-state index is 0.558. The number of rotatable bonds is 4. The van der Waals surface area contributed by atoms with Gasteiger partial charge in [0.2, 0.25) is 0 Å². The molecule has 0 radical (unpaired) electrons. The maximum Gasteiger partial charge on any atom is 0.254 e.